The van der Waals surface area contributed by atoms with Gasteiger partial charge < -0.3 is 15.5 Å². The monoisotopic (exact) mass is 542 g/mol. The van der Waals surface area contributed by atoms with Gasteiger partial charge in [0.25, 0.3) is 5.91 Å². The highest BCUT2D eigenvalue weighted by molar-refractivity contribution is 14.1. The first-order valence-electron chi connectivity index (χ1n) is 7.24. The van der Waals surface area contributed by atoms with Crippen LogP contribution in [0.5, 0.6) is 0 Å². The standard InChI is InChI=1S/C16H14BrF2IN2O4/c17-11-4-10(16(25)22-26-7-9(24)6-23)15(5-12(11)18)21-14-2-1-8(20)3-13(14)19/h1-5,9,21,23-24H,6-7H2,(H,22,25). The van der Waals surface area contributed by atoms with Gasteiger partial charge in [-0.1, -0.05) is 0 Å². The van der Waals surface area contributed by atoms with Crippen LogP contribution in [0.15, 0.2) is 34.8 Å². The lowest BCUT2D eigenvalue weighted by molar-refractivity contribution is -0.0295. The fourth-order valence-corrected chi connectivity index (χ4v) is 2.68. The first-order chi connectivity index (χ1) is 12.3. The lowest BCUT2D eigenvalue weighted by Gasteiger charge is -2.15. The smallest absolute Gasteiger partial charge is 0.276 e. The molecular weight excluding hydrogens is 529 g/mol. The van der Waals surface area contributed by atoms with Crippen LogP contribution in [0.25, 0.3) is 0 Å². The highest BCUT2D eigenvalue weighted by atomic mass is 127. The van der Waals surface area contributed by atoms with Gasteiger partial charge in [0.05, 0.1) is 28.0 Å². The Morgan fingerprint density at radius 3 is 2.62 bits per heavy atom. The van der Waals surface area contributed by atoms with Crippen molar-refractivity contribution in [1.29, 1.82) is 0 Å². The number of aliphatic hydroxyl groups is 2. The van der Waals surface area contributed by atoms with E-state index in [1.54, 1.807) is 6.07 Å². The van der Waals surface area contributed by atoms with Crippen LogP contribution in [0.3, 0.4) is 0 Å². The van der Waals surface area contributed by atoms with E-state index in [1.807, 2.05) is 22.6 Å². The maximum absolute atomic E-state index is 14.0. The Kier molecular flexibility index (Phi) is 7.70. The Morgan fingerprint density at radius 2 is 1.96 bits per heavy atom. The molecule has 2 aromatic rings. The number of amides is 1. The topological polar surface area (TPSA) is 90.8 Å². The Bertz CT molecular complexity index is 810. The van der Waals surface area contributed by atoms with Crippen LogP contribution < -0.4 is 10.8 Å². The van der Waals surface area contributed by atoms with E-state index in [4.69, 9.17) is 9.94 Å². The Balaban J connectivity index is 2.25. The Hall–Kier alpha value is -1.34. The quantitative estimate of drug-likeness (QED) is 0.319. The highest BCUT2D eigenvalue weighted by Gasteiger charge is 2.17. The van der Waals surface area contributed by atoms with E-state index in [0.717, 1.165) is 6.07 Å². The molecular formula is C16H14BrF2IN2O4. The van der Waals surface area contributed by atoms with E-state index >= 15 is 0 Å². The third kappa shape index (κ3) is 5.58. The van der Waals surface area contributed by atoms with Gasteiger partial charge in [0.2, 0.25) is 0 Å². The number of hydrogen-bond donors (Lipinski definition) is 4. The number of carbonyl (C=O) groups is 1. The summed E-state index contributed by atoms with van der Waals surface area (Å²) in [6.45, 7) is -0.865. The van der Waals surface area contributed by atoms with Crippen LogP contribution in [-0.4, -0.2) is 35.4 Å². The molecule has 0 spiro atoms. The van der Waals surface area contributed by atoms with Crippen molar-refractivity contribution in [3.05, 3.63) is 55.6 Å². The van der Waals surface area contributed by atoms with Gasteiger partial charge in [-0.3, -0.25) is 9.63 Å². The summed E-state index contributed by atoms with van der Waals surface area (Å²) in [7, 11) is 0. The zero-order valence-electron chi connectivity index (χ0n) is 13.1. The molecule has 140 valence electrons. The second-order valence-electron chi connectivity index (χ2n) is 5.14. The summed E-state index contributed by atoms with van der Waals surface area (Å²) in [4.78, 5) is 17.1. The minimum atomic E-state index is -1.16. The second kappa shape index (κ2) is 9.55. The maximum Gasteiger partial charge on any atom is 0.276 e. The molecule has 0 aromatic heterocycles. The molecule has 0 bridgehead atoms. The van der Waals surface area contributed by atoms with E-state index < -0.39 is 30.3 Å². The van der Waals surface area contributed by atoms with Crippen molar-refractivity contribution in [3.8, 4) is 0 Å². The zero-order valence-corrected chi connectivity index (χ0v) is 16.8. The molecule has 0 heterocycles. The number of anilines is 2. The third-order valence-electron chi connectivity index (χ3n) is 3.16. The molecule has 0 saturated heterocycles. The van der Waals surface area contributed by atoms with Crippen molar-refractivity contribution in [3.63, 3.8) is 0 Å². The van der Waals surface area contributed by atoms with E-state index in [0.29, 0.717) is 3.57 Å². The molecule has 0 fully saturated rings. The molecule has 0 aliphatic heterocycles. The normalized spacial score (nSPS) is 11.9. The van der Waals surface area contributed by atoms with Crippen molar-refractivity contribution >= 4 is 55.8 Å². The molecule has 1 atom stereocenters. The maximum atomic E-state index is 14.0. The van der Waals surface area contributed by atoms with Crippen LogP contribution in [0.4, 0.5) is 20.2 Å². The first kappa shape index (κ1) is 21.0. The summed E-state index contributed by atoms with van der Waals surface area (Å²) in [6.07, 6.45) is -1.16. The minimum Gasteiger partial charge on any atom is -0.394 e. The van der Waals surface area contributed by atoms with Crippen molar-refractivity contribution in [1.82, 2.24) is 5.48 Å². The summed E-state index contributed by atoms with van der Waals surface area (Å²) < 4.78 is 28.6. The van der Waals surface area contributed by atoms with Gasteiger partial charge in [-0.05, 0) is 68.9 Å². The average Bonchev–Trinajstić information content (AvgIpc) is 2.59. The molecule has 0 saturated carbocycles. The largest absolute Gasteiger partial charge is 0.394 e. The Labute approximate surface area is 169 Å². The van der Waals surface area contributed by atoms with Crippen molar-refractivity contribution in [2.24, 2.45) is 0 Å². The molecule has 10 heteroatoms. The number of carbonyl (C=O) groups excluding carboxylic acids is 1. The van der Waals surface area contributed by atoms with Crippen LogP contribution in [0, 0.1) is 15.2 Å². The van der Waals surface area contributed by atoms with Crippen LogP contribution >= 0.6 is 38.5 Å². The molecule has 0 aliphatic rings. The number of hydroxylamine groups is 1. The molecule has 1 unspecified atom stereocenters. The predicted molar refractivity (Wildman–Crippen MR) is 103 cm³/mol. The first-order valence-corrected chi connectivity index (χ1v) is 9.11. The van der Waals surface area contributed by atoms with E-state index in [9.17, 15) is 18.7 Å². The number of rotatable bonds is 7. The van der Waals surface area contributed by atoms with Crippen molar-refractivity contribution in [2.45, 2.75) is 6.10 Å². The molecule has 1 amide bonds. The minimum absolute atomic E-state index is 0.0188. The number of aliphatic hydroxyl groups excluding tert-OH is 2. The lowest BCUT2D eigenvalue weighted by Crippen LogP contribution is -2.30. The number of nitrogens with one attached hydrogen (secondary N) is 2. The molecule has 6 nitrogen and oxygen atoms in total. The molecule has 2 aromatic carbocycles. The van der Waals surface area contributed by atoms with Crippen molar-refractivity contribution in [2.75, 3.05) is 18.5 Å². The SMILES string of the molecule is O=C(NOCC(O)CO)c1cc(Br)c(F)cc1Nc1ccc(I)cc1F. The van der Waals surface area contributed by atoms with Crippen LogP contribution in [0.2, 0.25) is 0 Å². The fourth-order valence-electron chi connectivity index (χ4n) is 1.89. The van der Waals surface area contributed by atoms with Gasteiger partial charge in [0.1, 0.15) is 24.3 Å². The lowest BCUT2D eigenvalue weighted by atomic mass is 10.1. The van der Waals surface area contributed by atoms with Gasteiger partial charge in [-0.25, -0.2) is 14.3 Å². The number of halogens is 4. The van der Waals surface area contributed by atoms with E-state index in [1.165, 1.54) is 18.2 Å². The summed E-state index contributed by atoms with van der Waals surface area (Å²) in [5.41, 5.74) is 2.14. The summed E-state index contributed by atoms with van der Waals surface area (Å²) in [5, 5.41) is 20.6. The number of hydrogen-bond acceptors (Lipinski definition) is 5. The average molecular weight is 543 g/mol. The molecule has 0 aliphatic carbocycles. The summed E-state index contributed by atoms with van der Waals surface area (Å²) in [5.74, 6) is -1.95. The van der Waals surface area contributed by atoms with E-state index in [2.05, 4.69) is 26.7 Å². The van der Waals surface area contributed by atoms with Crippen LogP contribution in [0.1, 0.15) is 10.4 Å². The second-order valence-corrected chi connectivity index (χ2v) is 7.24. The van der Waals surface area contributed by atoms with Gasteiger partial charge >= 0.3 is 0 Å². The molecule has 4 N–H and O–H groups in total. The fraction of sp³-hybridized carbons (Fsp3) is 0.188. The Morgan fingerprint density at radius 1 is 1.23 bits per heavy atom. The third-order valence-corrected chi connectivity index (χ3v) is 4.44. The van der Waals surface area contributed by atoms with Crippen LogP contribution in [-0.2, 0) is 4.84 Å². The summed E-state index contributed by atoms with van der Waals surface area (Å²) in [6, 6.07) is 6.66. The van der Waals surface area contributed by atoms with Gasteiger partial charge in [-0.2, -0.15) is 0 Å². The molecule has 0 radical (unpaired) electrons. The van der Waals surface area contributed by atoms with Crippen molar-refractivity contribution < 1.29 is 28.6 Å². The highest BCUT2D eigenvalue weighted by Crippen LogP contribution is 2.29. The number of benzene rings is 2. The van der Waals surface area contributed by atoms with Gasteiger partial charge in [-0.15, -0.1) is 0 Å². The predicted octanol–water partition coefficient (Wildman–Crippen LogP) is 3.09. The molecule has 2 rings (SSSR count). The zero-order chi connectivity index (χ0) is 19.3. The van der Waals surface area contributed by atoms with Gasteiger partial charge in [0, 0.05) is 3.57 Å². The van der Waals surface area contributed by atoms with E-state index in [-0.39, 0.29) is 28.0 Å². The summed E-state index contributed by atoms with van der Waals surface area (Å²) >= 11 is 4.94. The van der Waals surface area contributed by atoms with Gasteiger partial charge in [0.15, 0.2) is 0 Å². The molecule has 26 heavy (non-hydrogen) atoms.